The second-order valence-corrected chi connectivity index (χ2v) is 5.94. The second-order valence-electron chi connectivity index (χ2n) is 4.89. The molecule has 1 aliphatic carbocycles. The lowest BCUT2D eigenvalue weighted by Crippen LogP contribution is -2.46. The van der Waals surface area contributed by atoms with E-state index in [0.717, 1.165) is 13.0 Å². The molecule has 1 saturated carbocycles. The summed E-state index contributed by atoms with van der Waals surface area (Å²) in [6.07, 6.45) is 4.76. The molecule has 0 aromatic heterocycles. The van der Waals surface area contributed by atoms with Gasteiger partial charge in [-0.15, -0.1) is 0 Å². The minimum atomic E-state index is 0.0782. The van der Waals surface area contributed by atoms with Crippen molar-refractivity contribution in [3.8, 4) is 0 Å². The Morgan fingerprint density at radius 3 is 3.06 bits per heavy atom. The number of carbonyl (C=O) groups excluding carboxylic acids is 1. The van der Waals surface area contributed by atoms with E-state index >= 15 is 0 Å². The molecule has 6 heteroatoms. The number of hydrogen-bond donors (Lipinski definition) is 2. The van der Waals surface area contributed by atoms with Crippen molar-refractivity contribution < 1.29 is 9.63 Å². The maximum atomic E-state index is 11.2. The van der Waals surface area contributed by atoms with Crippen molar-refractivity contribution in [1.82, 2.24) is 10.6 Å². The number of hydrogen-bond acceptors (Lipinski definition) is 5. The van der Waals surface area contributed by atoms with Crippen molar-refractivity contribution >= 4 is 23.2 Å². The number of nitrogens with zero attached hydrogens (tertiary/aromatic N) is 1. The van der Waals surface area contributed by atoms with Crippen LogP contribution in [0.2, 0.25) is 0 Å². The highest BCUT2D eigenvalue weighted by Crippen LogP contribution is 2.24. The Morgan fingerprint density at radius 1 is 1.50 bits per heavy atom. The first kappa shape index (κ1) is 13.7. The van der Waals surface area contributed by atoms with Crippen LogP contribution >= 0.6 is 11.8 Å². The zero-order chi connectivity index (χ0) is 12.8. The number of oxime groups is 1. The molecule has 1 heterocycles. The maximum Gasteiger partial charge on any atom is 0.217 e. The monoisotopic (exact) mass is 271 g/mol. The first-order chi connectivity index (χ1) is 8.75. The highest BCUT2D eigenvalue weighted by Gasteiger charge is 2.26. The summed E-state index contributed by atoms with van der Waals surface area (Å²) >= 11 is 1.65. The molecule has 2 rings (SSSR count). The van der Waals surface area contributed by atoms with E-state index in [9.17, 15) is 4.79 Å². The molecule has 2 aliphatic rings. The van der Waals surface area contributed by atoms with Gasteiger partial charge in [-0.1, -0.05) is 29.8 Å². The predicted molar refractivity (Wildman–Crippen MR) is 73.4 cm³/mol. The fraction of sp³-hybridized carbons (Fsp3) is 0.833. The van der Waals surface area contributed by atoms with Crippen molar-refractivity contribution in [2.75, 3.05) is 13.2 Å². The maximum absolute atomic E-state index is 11.2. The lowest BCUT2D eigenvalue weighted by molar-refractivity contribution is -0.120. The smallest absolute Gasteiger partial charge is 0.217 e. The fourth-order valence-electron chi connectivity index (χ4n) is 2.57. The first-order valence-electron chi connectivity index (χ1n) is 6.55. The van der Waals surface area contributed by atoms with E-state index in [-0.39, 0.29) is 11.3 Å². The van der Waals surface area contributed by atoms with Crippen LogP contribution in [0.25, 0.3) is 0 Å². The Hall–Kier alpha value is -0.750. The molecule has 3 unspecified atom stereocenters. The molecular formula is C12H21N3O2S. The van der Waals surface area contributed by atoms with Gasteiger partial charge in [0.15, 0.2) is 0 Å². The lowest BCUT2D eigenvalue weighted by atomic mass is 9.84. The summed E-state index contributed by atoms with van der Waals surface area (Å²) in [6.45, 7) is 3.14. The van der Waals surface area contributed by atoms with Crippen molar-refractivity contribution in [3.63, 3.8) is 0 Å². The standard InChI is InChI=1S/C12H21N3O2S/c1-9(16)15-11-5-3-2-4-10(11)6-13-12-7-17-14-8-18-12/h8,10-13H,2-7H2,1H3,(H,15,16). The highest BCUT2D eigenvalue weighted by atomic mass is 32.2. The second kappa shape index (κ2) is 6.99. The molecule has 0 aromatic rings. The van der Waals surface area contributed by atoms with Gasteiger partial charge < -0.3 is 15.5 Å². The molecular weight excluding hydrogens is 250 g/mol. The van der Waals surface area contributed by atoms with Gasteiger partial charge in [0, 0.05) is 19.5 Å². The number of carbonyl (C=O) groups is 1. The molecule has 1 fully saturated rings. The Kier molecular flexibility index (Phi) is 5.31. The van der Waals surface area contributed by atoms with Gasteiger partial charge in [-0.05, 0) is 18.8 Å². The zero-order valence-corrected chi connectivity index (χ0v) is 11.5. The minimum Gasteiger partial charge on any atom is -0.393 e. The van der Waals surface area contributed by atoms with E-state index in [0.29, 0.717) is 18.6 Å². The number of amides is 1. The first-order valence-corrected chi connectivity index (χ1v) is 7.50. The fourth-order valence-corrected chi connectivity index (χ4v) is 3.16. The minimum absolute atomic E-state index is 0.0782. The topological polar surface area (TPSA) is 62.7 Å². The Labute approximate surface area is 112 Å². The molecule has 0 spiro atoms. The van der Waals surface area contributed by atoms with Gasteiger partial charge in [0.1, 0.15) is 12.2 Å². The van der Waals surface area contributed by atoms with Crippen LogP contribution in [0.4, 0.5) is 0 Å². The van der Waals surface area contributed by atoms with E-state index in [2.05, 4.69) is 15.8 Å². The molecule has 0 radical (unpaired) electrons. The molecule has 0 saturated heterocycles. The quantitative estimate of drug-likeness (QED) is 0.809. The van der Waals surface area contributed by atoms with Gasteiger partial charge in [-0.3, -0.25) is 4.79 Å². The molecule has 18 heavy (non-hydrogen) atoms. The van der Waals surface area contributed by atoms with Gasteiger partial charge in [-0.25, -0.2) is 0 Å². The summed E-state index contributed by atoms with van der Waals surface area (Å²) < 4.78 is 0. The zero-order valence-electron chi connectivity index (χ0n) is 10.7. The van der Waals surface area contributed by atoms with Crippen molar-refractivity contribution in [2.24, 2.45) is 11.1 Å². The molecule has 1 aliphatic heterocycles. The van der Waals surface area contributed by atoms with Crippen LogP contribution in [0.15, 0.2) is 5.16 Å². The summed E-state index contributed by atoms with van der Waals surface area (Å²) in [4.78, 5) is 16.2. The third-order valence-corrected chi connectivity index (χ3v) is 4.31. The van der Waals surface area contributed by atoms with Crippen molar-refractivity contribution in [2.45, 2.75) is 44.0 Å². The SMILES string of the molecule is CC(=O)NC1CCCCC1CNC1CON=CS1. The van der Waals surface area contributed by atoms with Gasteiger partial charge in [0.2, 0.25) is 5.91 Å². The highest BCUT2D eigenvalue weighted by molar-refractivity contribution is 8.12. The van der Waals surface area contributed by atoms with Crippen LogP contribution in [0, 0.1) is 5.92 Å². The molecule has 5 nitrogen and oxygen atoms in total. The van der Waals surface area contributed by atoms with Crippen molar-refractivity contribution in [3.05, 3.63) is 0 Å². The van der Waals surface area contributed by atoms with Crippen LogP contribution in [-0.4, -0.2) is 36.0 Å². The summed E-state index contributed by atoms with van der Waals surface area (Å²) in [6, 6.07) is 0.326. The summed E-state index contributed by atoms with van der Waals surface area (Å²) in [5, 5.41) is 10.6. The van der Waals surface area contributed by atoms with Crippen LogP contribution in [0.1, 0.15) is 32.6 Å². The molecule has 2 N–H and O–H groups in total. The average Bonchev–Trinajstić information content (AvgIpc) is 2.38. The Morgan fingerprint density at radius 2 is 2.33 bits per heavy atom. The van der Waals surface area contributed by atoms with E-state index in [1.807, 2.05) is 0 Å². The van der Waals surface area contributed by atoms with Gasteiger partial charge in [-0.2, -0.15) is 0 Å². The van der Waals surface area contributed by atoms with Crippen molar-refractivity contribution in [1.29, 1.82) is 0 Å². The van der Waals surface area contributed by atoms with E-state index < -0.39 is 0 Å². The average molecular weight is 271 g/mol. The lowest BCUT2D eigenvalue weighted by Gasteiger charge is -2.33. The third-order valence-electron chi connectivity index (χ3n) is 3.47. The molecule has 102 valence electrons. The number of nitrogens with one attached hydrogen (secondary N) is 2. The van der Waals surface area contributed by atoms with Crippen LogP contribution in [0.5, 0.6) is 0 Å². The number of rotatable bonds is 4. The number of thioether (sulfide) groups is 1. The summed E-state index contributed by atoms with van der Waals surface area (Å²) in [7, 11) is 0. The molecule has 3 atom stereocenters. The van der Waals surface area contributed by atoms with Gasteiger partial charge in [0.05, 0.1) is 5.37 Å². The molecule has 1 amide bonds. The van der Waals surface area contributed by atoms with Crippen LogP contribution < -0.4 is 10.6 Å². The molecule has 0 bridgehead atoms. The van der Waals surface area contributed by atoms with Crippen LogP contribution in [-0.2, 0) is 9.63 Å². The van der Waals surface area contributed by atoms with Crippen LogP contribution in [0.3, 0.4) is 0 Å². The van der Waals surface area contributed by atoms with E-state index in [1.165, 1.54) is 19.3 Å². The summed E-state index contributed by atoms with van der Waals surface area (Å²) in [5.74, 6) is 0.608. The predicted octanol–water partition coefficient (Wildman–Crippen LogP) is 1.30. The van der Waals surface area contributed by atoms with E-state index in [1.54, 1.807) is 24.2 Å². The van der Waals surface area contributed by atoms with E-state index in [4.69, 9.17) is 4.84 Å². The third kappa shape index (κ3) is 4.17. The Bertz CT molecular complexity index is 312. The Balaban J connectivity index is 1.77. The van der Waals surface area contributed by atoms with Gasteiger partial charge in [0.25, 0.3) is 0 Å². The normalized spacial score (nSPS) is 31.7. The molecule has 0 aromatic carbocycles. The van der Waals surface area contributed by atoms with Gasteiger partial charge >= 0.3 is 0 Å². The summed E-state index contributed by atoms with van der Waals surface area (Å²) in [5.41, 5.74) is 1.73. The largest absolute Gasteiger partial charge is 0.393 e.